The van der Waals surface area contributed by atoms with E-state index < -0.39 is 12.1 Å². The van der Waals surface area contributed by atoms with Crippen molar-refractivity contribution < 1.29 is 14.6 Å². The summed E-state index contributed by atoms with van der Waals surface area (Å²) in [6.45, 7) is 2.26. The Morgan fingerprint density at radius 3 is 1.96 bits per heavy atom. The van der Waals surface area contributed by atoms with Crippen molar-refractivity contribution in [2.45, 2.75) is 90.1 Å². The normalized spacial score (nSPS) is 12.8. The molecule has 0 aliphatic rings. The maximum Gasteiger partial charge on any atom is 0.336 e. The summed E-state index contributed by atoms with van der Waals surface area (Å²) in [4.78, 5) is 12.0. The number of unbranched alkanes of at least 4 members (excludes halogenated alkanes) is 11. The van der Waals surface area contributed by atoms with Gasteiger partial charge in [-0.05, 0) is 18.4 Å². The smallest absolute Gasteiger partial charge is 0.336 e. The molecule has 1 N–H and O–H groups in total. The van der Waals surface area contributed by atoms with Crippen LogP contribution in [0, 0.1) is 0 Å². The van der Waals surface area contributed by atoms with E-state index in [0.717, 1.165) is 12.8 Å². The summed E-state index contributed by atoms with van der Waals surface area (Å²) in [5.41, 5.74) is 1.06. The summed E-state index contributed by atoms with van der Waals surface area (Å²) in [6.07, 6.45) is 16.0. The number of ether oxygens (including phenoxy) is 1. The molecule has 0 bridgehead atoms. The van der Waals surface area contributed by atoms with Gasteiger partial charge in [-0.2, -0.15) is 0 Å². The number of rotatable bonds is 15. The van der Waals surface area contributed by atoms with E-state index in [1.165, 1.54) is 71.3 Å². The predicted molar refractivity (Wildman–Crippen MR) is 113 cm³/mol. The minimum atomic E-state index is -0.925. The highest BCUT2D eigenvalue weighted by atomic mass is 16.5. The molecule has 0 amide bonds. The number of carbonyl (C=O) groups is 1. The molecule has 1 rings (SSSR count). The lowest BCUT2D eigenvalue weighted by Crippen LogP contribution is -2.13. The van der Waals surface area contributed by atoms with E-state index >= 15 is 0 Å². The molecule has 0 saturated heterocycles. The molecular formula is C24H38O3. The largest absolute Gasteiger partial charge is 0.466 e. The summed E-state index contributed by atoms with van der Waals surface area (Å²) < 4.78 is 4.85. The van der Waals surface area contributed by atoms with E-state index in [0.29, 0.717) is 11.1 Å². The molecule has 0 heterocycles. The second kappa shape index (κ2) is 15.4. The Balaban J connectivity index is 2.24. The summed E-state index contributed by atoms with van der Waals surface area (Å²) in [5, 5.41) is 10.5. The highest BCUT2D eigenvalue weighted by Gasteiger charge is 2.20. The molecule has 3 nitrogen and oxygen atoms in total. The van der Waals surface area contributed by atoms with E-state index in [1.54, 1.807) is 0 Å². The fraction of sp³-hybridized carbons (Fsp3) is 0.625. The molecule has 0 fully saturated rings. The molecule has 0 radical (unpaired) electrons. The number of hydrogen-bond acceptors (Lipinski definition) is 3. The molecule has 27 heavy (non-hydrogen) atoms. The third-order valence-corrected chi connectivity index (χ3v) is 5.00. The predicted octanol–water partition coefficient (Wildman–Crippen LogP) is 6.52. The van der Waals surface area contributed by atoms with Crippen LogP contribution in [0.25, 0.3) is 0 Å². The van der Waals surface area contributed by atoms with Gasteiger partial charge in [-0.1, -0.05) is 108 Å². The lowest BCUT2D eigenvalue weighted by Gasteiger charge is -2.14. The van der Waals surface area contributed by atoms with Gasteiger partial charge in [-0.15, -0.1) is 0 Å². The number of aliphatic hydroxyl groups excluding tert-OH is 1. The summed E-state index contributed by atoms with van der Waals surface area (Å²) >= 11 is 0. The number of benzene rings is 1. The molecule has 1 atom stereocenters. The van der Waals surface area contributed by atoms with Crippen LogP contribution in [0.1, 0.15) is 95.6 Å². The highest BCUT2D eigenvalue weighted by Crippen LogP contribution is 2.23. The molecular weight excluding hydrogens is 336 g/mol. The van der Waals surface area contributed by atoms with Crippen molar-refractivity contribution in [1.29, 1.82) is 0 Å². The molecule has 0 spiro atoms. The van der Waals surface area contributed by atoms with Gasteiger partial charge in [0.2, 0.25) is 0 Å². The Morgan fingerprint density at radius 1 is 0.926 bits per heavy atom. The van der Waals surface area contributed by atoms with Crippen molar-refractivity contribution in [3.63, 3.8) is 0 Å². The van der Waals surface area contributed by atoms with Crippen LogP contribution in [0.5, 0.6) is 0 Å². The molecule has 0 aliphatic heterocycles. The summed E-state index contributed by atoms with van der Waals surface area (Å²) in [6, 6.07) is 9.25. The van der Waals surface area contributed by atoms with Crippen molar-refractivity contribution in [2.75, 3.05) is 7.11 Å². The second-order valence-corrected chi connectivity index (χ2v) is 7.29. The van der Waals surface area contributed by atoms with Gasteiger partial charge in [0, 0.05) is 0 Å². The molecule has 0 saturated carbocycles. The zero-order valence-electron chi connectivity index (χ0n) is 17.3. The average Bonchev–Trinajstić information content (AvgIpc) is 2.71. The summed E-state index contributed by atoms with van der Waals surface area (Å²) in [7, 11) is 1.36. The number of aliphatic hydroxyl groups is 1. The van der Waals surface area contributed by atoms with Crippen LogP contribution in [0.2, 0.25) is 0 Å². The first kappa shape index (κ1) is 23.4. The third kappa shape index (κ3) is 10.3. The van der Waals surface area contributed by atoms with Crippen LogP contribution in [0.15, 0.2) is 42.0 Å². The lowest BCUT2D eigenvalue weighted by molar-refractivity contribution is -0.137. The van der Waals surface area contributed by atoms with Gasteiger partial charge in [-0.25, -0.2) is 4.79 Å². The van der Waals surface area contributed by atoms with Gasteiger partial charge in [0.25, 0.3) is 0 Å². The SMILES string of the molecule is CCCCCCCCCCCCC/C=C(/C(=O)OC)C(O)c1ccccc1. The third-order valence-electron chi connectivity index (χ3n) is 5.00. The van der Waals surface area contributed by atoms with Crippen LogP contribution in [-0.2, 0) is 9.53 Å². The maximum absolute atomic E-state index is 12.0. The lowest BCUT2D eigenvalue weighted by atomic mass is 9.99. The number of carbonyl (C=O) groups excluding carboxylic acids is 1. The van der Waals surface area contributed by atoms with Crippen molar-refractivity contribution in [3.05, 3.63) is 47.5 Å². The number of methoxy groups -OCH3 is 1. The molecule has 0 aliphatic carbocycles. The van der Waals surface area contributed by atoms with E-state index in [4.69, 9.17) is 4.74 Å². The van der Waals surface area contributed by atoms with Gasteiger partial charge in [0.1, 0.15) is 6.10 Å². The molecule has 1 unspecified atom stereocenters. The second-order valence-electron chi connectivity index (χ2n) is 7.29. The van der Waals surface area contributed by atoms with Crippen LogP contribution in [0.4, 0.5) is 0 Å². The zero-order chi connectivity index (χ0) is 19.7. The van der Waals surface area contributed by atoms with Gasteiger partial charge in [-0.3, -0.25) is 0 Å². The Morgan fingerprint density at radius 2 is 1.44 bits per heavy atom. The van der Waals surface area contributed by atoms with Crippen LogP contribution in [-0.4, -0.2) is 18.2 Å². The van der Waals surface area contributed by atoms with Gasteiger partial charge in [0.15, 0.2) is 0 Å². The van der Waals surface area contributed by atoms with E-state index in [-0.39, 0.29) is 0 Å². The van der Waals surface area contributed by atoms with E-state index in [2.05, 4.69) is 6.92 Å². The van der Waals surface area contributed by atoms with Crippen molar-refractivity contribution in [3.8, 4) is 0 Å². The van der Waals surface area contributed by atoms with Crippen molar-refractivity contribution >= 4 is 5.97 Å². The first-order valence-corrected chi connectivity index (χ1v) is 10.7. The molecule has 152 valence electrons. The minimum absolute atomic E-state index is 0.343. The van der Waals surface area contributed by atoms with Crippen LogP contribution >= 0.6 is 0 Å². The standard InChI is InChI=1S/C24H38O3/c1-3-4-5-6-7-8-9-10-11-12-13-17-20-22(24(26)27-2)23(25)21-18-15-14-16-19-21/h14-16,18-20,23,25H,3-13,17H2,1-2H3/b22-20+. The Kier molecular flexibility index (Phi) is 13.4. The fourth-order valence-electron chi connectivity index (χ4n) is 3.31. The van der Waals surface area contributed by atoms with Crippen LogP contribution < -0.4 is 0 Å². The minimum Gasteiger partial charge on any atom is -0.466 e. The first-order valence-electron chi connectivity index (χ1n) is 10.7. The fourth-order valence-corrected chi connectivity index (χ4v) is 3.31. The topological polar surface area (TPSA) is 46.5 Å². The van der Waals surface area contributed by atoms with Gasteiger partial charge >= 0.3 is 5.97 Å². The van der Waals surface area contributed by atoms with E-state index in [9.17, 15) is 9.90 Å². The van der Waals surface area contributed by atoms with Crippen molar-refractivity contribution in [2.24, 2.45) is 0 Å². The number of allylic oxidation sites excluding steroid dienone is 1. The van der Waals surface area contributed by atoms with E-state index in [1.807, 2.05) is 36.4 Å². The molecule has 1 aromatic rings. The first-order chi connectivity index (χ1) is 13.2. The number of esters is 1. The van der Waals surface area contributed by atoms with Gasteiger partial charge in [0.05, 0.1) is 12.7 Å². The zero-order valence-corrected chi connectivity index (χ0v) is 17.3. The maximum atomic E-state index is 12.0. The highest BCUT2D eigenvalue weighted by molar-refractivity contribution is 5.89. The number of hydrogen-bond donors (Lipinski definition) is 1. The Bertz CT molecular complexity index is 522. The Hall–Kier alpha value is -1.61. The Labute approximate surface area is 165 Å². The molecule has 1 aromatic carbocycles. The monoisotopic (exact) mass is 374 g/mol. The summed E-state index contributed by atoms with van der Waals surface area (Å²) in [5.74, 6) is -0.450. The van der Waals surface area contributed by atoms with Crippen molar-refractivity contribution in [1.82, 2.24) is 0 Å². The van der Waals surface area contributed by atoms with Gasteiger partial charge < -0.3 is 9.84 Å². The average molecular weight is 375 g/mol. The quantitative estimate of drug-likeness (QED) is 0.216. The van der Waals surface area contributed by atoms with Crippen LogP contribution in [0.3, 0.4) is 0 Å². The molecule has 3 heteroatoms. The molecule has 0 aromatic heterocycles.